The Morgan fingerprint density at radius 1 is 1.22 bits per heavy atom. The molecular formula is C12H22N2O3S. The number of piperidine rings is 1. The number of ether oxygens (including phenoxy) is 1. The van der Waals surface area contributed by atoms with E-state index in [2.05, 4.69) is 10.0 Å². The second-order valence-corrected chi connectivity index (χ2v) is 7.56. The van der Waals surface area contributed by atoms with Gasteiger partial charge in [0.25, 0.3) is 0 Å². The van der Waals surface area contributed by atoms with Crippen molar-refractivity contribution in [2.45, 2.75) is 62.8 Å². The minimum Gasteiger partial charge on any atom is -0.373 e. The van der Waals surface area contributed by atoms with Crippen molar-refractivity contribution in [3.63, 3.8) is 0 Å². The molecule has 3 rings (SSSR count). The van der Waals surface area contributed by atoms with Crippen molar-refractivity contribution < 1.29 is 13.2 Å². The molecule has 18 heavy (non-hydrogen) atoms. The van der Waals surface area contributed by atoms with Crippen LogP contribution >= 0.6 is 0 Å². The summed E-state index contributed by atoms with van der Waals surface area (Å²) in [5, 5.41) is 3.28. The molecule has 5 nitrogen and oxygen atoms in total. The number of rotatable bonds is 4. The predicted octanol–water partition coefficient (Wildman–Crippen LogP) is 0.368. The molecule has 104 valence electrons. The molecule has 4 unspecified atom stereocenters. The Labute approximate surface area is 109 Å². The van der Waals surface area contributed by atoms with E-state index in [-0.39, 0.29) is 30.0 Å². The molecule has 0 amide bonds. The zero-order chi connectivity index (χ0) is 12.6. The van der Waals surface area contributed by atoms with Crippen molar-refractivity contribution in [1.29, 1.82) is 0 Å². The second kappa shape index (κ2) is 5.07. The second-order valence-electron chi connectivity index (χ2n) is 5.76. The topological polar surface area (TPSA) is 67.4 Å². The third-order valence-corrected chi connectivity index (χ3v) is 5.77. The maximum Gasteiger partial charge on any atom is 0.213 e. The van der Waals surface area contributed by atoms with E-state index in [1.54, 1.807) is 0 Å². The van der Waals surface area contributed by atoms with E-state index >= 15 is 0 Å². The van der Waals surface area contributed by atoms with Crippen molar-refractivity contribution in [3.8, 4) is 0 Å². The van der Waals surface area contributed by atoms with Crippen LogP contribution in [-0.4, -0.2) is 45.0 Å². The molecule has 0 aromatic carbocycles. The van der Waals surface area contributed by atoms with Gasteiger partial charge < -0.3 is 10.1 Å². The Morgan fingerprint density at radius 2 is 2.11 bits per heavy atom. The standard InChI is InChI=1S/C12H22N2O3S/c15-18(16,8-9-3-1-2-6-13-9)14-11-7-10-4-5-12(11)17-10/h9-14H,1-8H2. The van der Waals surface area contributed by atoms with E-state index in [0.717, 1.165) is 45.1 Å². The van der Waals surface area contributed by atoms with Gasteiger partial charge in [-0.25, -0.2) is 13.1 Å². The highest BCUT2D eigenvalue weighted by atomic mass is 32.2. The highest BCUT2D eigenvalue weighted by Gasteiger charge is 2.42. The van der Waals surface area contributed by atoms with E-state index in [1.165, 1.54) is 0 Å². The fourth-order valence-electron chi connectivity index (χ4n) is 3.37. The zero-order valence-electron chi connectivity index (χ0n) is 10.6. The highest BCUT2D eigenvalue weighted by Crippen LogP contribution is 2.34. The molecule has 0 aromatic heterocycles. The minimum atomic E-state index is -3.18. The Kier molecular flexibility index (Phi) is 3.62. The van der Waals surface area contributed by atoms with Gasteiger partial charge in [-0.15, -0.1) is 0 Å². The van der Waals surface area contributed by atoms with Gasteiger partial charge in [-0.3, -0.25) is 0 Å². The normalized spacial score (nSPS) is 40.2. The molecular weight excluding hydrogens is 252 g/mol. The van der Waals surface area contributed by atoms with Crippen LogP contribution < -0.4 is 10.0 Å². The molecule has 2 bridgehead atoms. The van der Waals surface area contributed by atoms with Gasteiger partial charge in [0, 0.05) is 6.04 Å². The van der Waals surface area contributed by atoms with Crippen LogP contribution in [0.4, 0.5) is 0 Å². The van der Waals surface area contributed by atoms with Gasteiger partial charge in [0.2, 0.25) is 10.0 Å². The summed E-state index contributed by atoms with van der Waals surface area (Å²) < 4.78 is 32.8. The van der Waals surface area contributed by atoms with Crippen LogP contribution in [0.15, 0.2) is 0 Å². The van der Waals surface area contributed by atoms with Crippen molar-refractivity contribution in [2.75, 3.05) is 12.3 Å². The number of hydrogen-bond acceptors (Lipinski definition) is 4. The molecule has 4 atom stereocenters. The molecule has 0 saturated carbocycles. The summed E-state index contributed by atoms with van der Waals surface area (Å²) in [7, 11) is -3.18. The smallest absolute Gasteiger partial charge is 0.213 e. The van der Waals surface area contributed by atoms with Crippen molar-refractivity contribution in [1.82, 2.24) is 10.0 Å². The summed E-state index contributed by atoms with van der Waals surface area (Å²) in [6.45, 7) is 0.942. The van der Waals surface area contributed by atoms with Crippen LogP contribution in [0.2, 0.25) is 0 Å². The third kappa shape index (κ3) is 2.87. The molecule has 3 aliphatic rings. The van der Waals surface area contributed by atoms with Crippen LogP contribution in [0.1, 0.15) is 38.5 Å². The van der Waals surface area contributed by atoms with Crippen LogP contribution in [0, 0.1) is 0 Å². The van der Waals surface area contributed by atoms with Gasteiger partial charge in [0.1, 0.15) is 0 Å². The average molecular weight is 274 g/mol. The van der Waals surface area contributed by atoms with Crippen LogP contribution in [0.3, 0.4) is 0 Å². The molecule has 6 heteroatoms. The minimum absolute atomic E-state index is 0.0114. The van der Waals surface area contributed by atoms with Crippen LogP contribution in [-0.2, 0) is 14.8 Å². The number of nitrogens with one attached hydrogen (secondary N) is 2. The third-order valence-electron chi connectivity index (χ3n) is 4.27. The van der Waals surface area contributed by atoms with Gasteiger partial charge in [-0.2, -0.15) is 0 Å². The summed E-state index contributed by atoms with van der Waals surface area (Å²) in [6.07, 6.45) is 6.59. The monoisotopic (exact) mass is 274 g/mol. The lowest BCUT2D eigenvalue weighted by Crippen LogP contribution is -2.47. The van der Waals surface area contributed by atoms with Gasteiger partial charge in [0.15, 0.2) is 0 Å². The quantitative estimate of drug-likeness (QED) is 0.777. The Hall–Kier alpha value is -0.170. The maximum absolute atomic E-state index is 12.1. The number of hydrogen-bond donors (Lipinski definition) is 2. The van der Waals surface area contributed by atoms with E-state index < -0.39 is 10.0 Å². The lowest BCUT2D eigenvalue weighted by atomic mass is 9.96. The molecule has 3 saturated heterocycles. The summed E-state index contributed by atoms with van der Waals surface area (Å²) in [4.78, 5) is 0. The Balaban J connectivity index is 1.54. The van der Waals surface area contributed by atoms with Crippen molar-refractivity contribution >= 4 is 10.0 Å². The summed E-state index contributed by atoms with van der Waals surface area (Å²) in [5.74, 6) is 0.209. The van der Waals surface area contributed by atoms with Crippen LogP contribution in [0.5, 0.6) is 0 Å². The Morgan fingerprint density at radius 3 is 2.72 bits per heavy atom. The average Bonchev–Trinajstić information content (AvgIpc) is 2.90. The molecule has 2 N–H and O–H groups in total. The summed E-state index contributed by atoms with van der Waals surface area (Å²) in [6, 6.07) is 0.132. The van der Waals surface area contributed by atoms with E-state index in [0.29, 0.717) is 0 Å². The number of fused-ring (bicyclic) bond motifs is 2. The first kappa shape index (κ1) is 12.8. The fraction of sp³-hybridized carbons (Fsp3) is 1.00. The lowest BCUT2D eigenvalue weighted by Gasteiger charge is -2.25. The van der Waals surface area contributed by atoms with Gasteiger partial charge in [0.05, 0.1) is 24.0 Å². The van der Waals surface area contributed by atoms with E-state index in [4.69, 9.17) is 4.74 Å². The predicted molar refractivity (Wildman–Crippen MR) is 68.9 cm³/mol. The molecule has 0 aliphatic carbocycles. The fourth-order valence-corrected chi connectivity index (χ4v) is 4.99. The summed E-state index contributed by atoms with van der Waals surface area (Å²) in [5.41, 5.74) is 0. The SMILES string of the molecule is O=S(=O)(CC1CCCCN1)NC1CC2CCC1O2. The van der Waals surface area contributed by atoms with Gasteiger partial charge >= 0.3 is 0 Å². The molecule has 0 aromatic rings. The first-order valence-electron chi connectivity index (χ1n) is 7.01. The van der Waals surface area contributed by atoms with E-state index in [1.807, 2.05) is 0 Å². The van der Waals surface area contributed by atoms with Crippen LogP contribution in [0.25, 0.3) is 0 Å². The van der Waals surface area contributed by atoms with Crippen molar-refractivity contribution in [3.05, 3.63) is 0 Å². The van der Waals surface area contributed by atoms with Crippen molar-refractivity contribution in [2.24, 2.45) is 0 Å². The summed E-state index contributed by atoms with van der Waals surface area (Å²) >= 11 is 0. The zero-order valence-corrected chi connectivity index (χ0v) is 11.4. The molecule has 0 radical (unpaired) electrons. The molecule has 3 heterocycles. The number of sulfonamides is 1. The molecule has 0 spiro atoms. The first-order valence-corrected chi connectivity index (χ1v) is 8.66. The molecule has 3 fully saturated rings. The molecule has 3 aliphatic heterocycles. The van der Waals surface area contributed by atoms with Gasteiger partial charge in [-0.1, -0.05) is 6.42 Å². The van der Waals surface area contributed by atoms with Gasteiger partial charge in [-0.05, 0) is 38.6 Å². The Bertz CT molecular complexity index is 392. The highest BCUT2D eigenvalue weighted by molar-refractivity contribution is 7.89. The largest absolute Gasteiger partial charge is 0.373 e. The maximum atomic E-state index is 12.1. The lowest BCUT2D eigenvalue weighted by molar-refractivity contribution is 0.0995. The van der Waals surface area contributed by atoms with E-state index in [9.17, 15) is 8.42 Å². The first-order chi connectivity index (χ1) is 8.62.